The average Bonchev–Trinajstić information content (AvgIpc) is 0. The molecule has 24 valence electrons. The second-order valence-electron chi connectivity index (χ2n) is 0. The molecule has 0 bridgehead atoms. The predicted octanol–water partition coefficient (Wildman–Crippen LogP) is -0.391. The van der Waals surface area contributed by atoms with Crippen LogP contribution in [0.15, 0.2) is 0 Å². The first-order chi connectivity index (χ1) is 0. The van der Waals surface area contributed by atoms with Crippen molar-refractivity contribution in [3.05, 3.63) is 0 Å². The summed E-state index contributed by atoms with van der Waals surface area (Å²) in [5.74, 6) is 0. The van der Waals surface area contributed by atoms with Gasteiger partial charge in [-0.1, -0.05) is 0 Å². The smallest absolute Gasteiger partial charge is 2.00 e. The Morgan fingerprint density at radius 1 is 0.600 bits per heavy atom. The maximum Gasteiger partial charge on any atom is 4.00 e. The Hall–Kier alpha value is 2.47. The van der Waals surface area contributed by atoms with Gasteiger partial charge in [-0.3, -0.25) is 0 Å². The molecule has 0 aliphatic carbocycles. The van der Waals surface area contributed by atoms with Crippen LogP contribution in [0.4, 0.5) is 0 Å². The van der Waals surface area contributed by atoms with E-state index in [1.807, 2.05) is 0 Å². The predicted molar refractivity (Wildman–Crippen MR) is 27.8 cm³/mol. The second kappa shape index (κ2) is 31.7. The molecule has 0 spiro atoms. The van der Waals surface area contributed by atoms with Crippen molar-refractivity contribution in [2.75, 3.05) is 0 Å². The fourth-order valence-electron chi connectivity index (χ4n) is 0. The van der Waals surface area contributed by atoms with Crippen LogP contribution in [0.5, 0.6) is 0 Å². The molecule has 0 saturated heterocycles. The summed E-state index contributed by atoms with van der Waals surface area (Å²) in [6.45, 7) is 0. The number of rotatable bonds is 0. The van der Waals surface area contributed by atoms with E-state index in [0.29, 0.717) is 0 Å². The summed E-state index contributed by atoms with van der Waals surface area (Å²) in [7, 11) is 0. The number of hydrogen-bond donors (Lipinski definition) is 0. The first kappa shape index (κ1) is 51.2. The molecule has 0 atom stereocenters. The fraction of sp³-hybridized carbons (Fsp3) is 0. The van der Waals surface area contributed by atoms with Crippen molar-refractivity contribution in [3.63, 3.8) is 0 Å². The van der Waals surface area contributed by atoms with Gasteiger partial charge in [-0.15, -0.1) is 0 Å². The minimum Gasteiger partial charge on any atom is -2.00 e. The molecule has 0 nitrogen and oxygen atoms in total. The van der Waals surface area contributed by atoms with Crippen molar-refractivity contribution in [1.82, 2.24) is 0 Å². The molecule has 0 aromatic rings. The Balaban J connectivity index is 0. The zero-order valence-corrected chi connectivity index (χ0v) is 10.7. The van der Waals surface area contributed by atoms with Crippen LogP contribution in [0.25, 0.3) is 0 Å². The van der Waals surface area contributed by atoms with Crippen LogP contribution in [-0.4, -0.2) is 23.9 Å². The van der Waals surface area contributed by atoms with E-state index >= 15 is 0 Å². The molecule has 0 heterocycles. The molecule has 5 heavy (non-hydrogen) atoms. The van der Waals surface area contributed by atoms with E-state index in [-0.39, 0.29) is 83.9 Å². The molecule has 5 heteroatoms. The normalized spacial score (nSPS) is 0. The van der Waals surface area contributed by atoms with Crippen LogP contribution in [-0.2, 0) is 60.0 Å². The van der Waals surface area contributed by atoms with Gasteiger partial charge < -0.3 is 40.5 Å². The van der Waals surface area contributed by atoms with Gasteiger partial charge in [0.1, 0.15) is 0 Å². The Morgan fingerprint density at radius 2 is 0.600 bits per heavy atom. The van der Waals surface area contributed by atoms with Crippen molar-refractivity contribution in [2.24, 2.45) is 0 Å². The Morgan fingerprint density at radius 3 is 0.600 bits per heavy atom. The molecular weight excluding hydrogens is 280 g/mol. The largest absolute Gasteiger partial charge is 4.00 e. The Labute approximate surface area is 82.9 Å². The van der Waals surface area contributed by atoms with E-state index in [2.05, 4.69) is 0 Å². The van der Waals surface area contributed by atoms with E-state index in [4.69, 9.17) is 0 Å². The van der Waals surface area contributed by atoms with Gasteiger partial charge in [0.25, 0.3) is 0 Å². The van der Waals surface area contributed by atoms with E-state index in [0.717, 1.165) is 0 Å². The molecule has 0 aliphatic heterocycles. The fourth-order valence-corrected chi connectivity index (χ4v) is 0. The molecule has 0 aromatic heterocycles. The van der Waals surface area contributed by atoms with E-state index in [1.54, 1.807) is 0 Å². The van der Waals surface area contributed by atoms with Gasteiger partial charge in [-0.2, -0.15) is 0 Å². The molecular formula is S3SnZn. The van der Waals surface area contributed by atoms with Gasteiger partial charge >= 0.3 is 43.4 Å². The third-order valence-corrected chi connectivity index (χ3v) is 0. The summed E-state index contributed by atoms with van der Waals surface area (Å²) in [4.78, 5) is 0. The van der Waals surface area contributed by atoms with Crippen LogP contribution < -0.4 is 0 Å². The zero-order valence-electron chi connectivity index (χ0n) is 2.43. The van der Waals surface area contributed by atoms with Gasteiger partial charge in [0.2, 0.25) is 0 Å². The minimum atomic E-state index is 0. The maximum atomic E-state index is 0. The van der Waals surface area contributed by atoms with Gasteiger partial charge in [0.15, 0.2) is 0 Å². The van der Waals surface area contributed by atoms with E-state index in [9.17, 15) is 0 Å². The maximum absolute atomic E-state index is 0. The molecule has 0 N–H and O–H groups in total. The quantitative estimate of drug-likeness (QED) is 0.530. The Kier molecular flexibility index (Phi) is 325. The van der Waals surface area contributed by atoms with Gasteiger partial charge in [0, 0.05) is 0 Å². The summed E-state index contributed by atoms with van der Waals surface area (Å²) >= 11 is 0. The first-order valence-corrected chi connectivity index (χ1v) is 0. The monoisotopic (exact) mass is 280 g/mol. The van der Waals surface area contributed by atoms with Gasteiger partial charge in [-0.05, 0) is 0 Å². The molecule has 0 saturated carbocycles. The summed E-state index contributed by atoms with van der Waals surface area (Å²) < 4.78 is 0. The van der Waals surface area contributed by atoms with Crippen molar-refractivity contribution in [3.8, 4) is 0 Å². The third-order valence-electron chi connectivity index (χ3n) is 0. The molecule has 0 fully saturated rings. The van der Waals surface area contributed by atoms with Crippen LogP contribution in [0.3, 0.4) is 0 Å². The summed E-state index contributed by atoms with van der Waals surface area (Å²) in [5.41, 5.74) is 0. The molecule has 0 amide bonds. The molecule has 0 aliphatic rings. The number of hydrogen-bond acceptors (Lipinski definition) is 0. The zero-order chi connectivity index (χ0) is 0. The van der Waals surface area contributed by atoms with Crippen LogP contribution in [0, 0.1) is 0 Å². The molecule has 0 unspecified atom stereocenters. The van der Waals surface area contributed by atoms with Crippen LogP contribution in [0.1, 0.15) is 0 Å². The van der Waals surface area contributed by atoms with Crippen molar-refractivity contribution < 1.29 is 19.5 Å². The first-order valence-electron chi connectivity index (χ1n) is 0. The van der Waals surface area contributed by atoms with Crippen LogP contribution >= 0.6 is 0 Å². The summed E-state index contributed by atoms with van der Waals surface area (Å²) in [5, 5.41) is 0. The van der Waals surface area contributed by atoms with Crippen molar-refractivity contribution in [1.29, 1.82) is 0 Å². The Bertz CT molecular complexity index is 6.85. The standard InChI is InChI=1S/3S.Sn.Zn/q3*-2;+4;+2. The van der Waals surface area contributed by atoms with Crippen LogP contribution in [0.2, 0.25) is 0 Å². The second-order valence-corrected chi connectivity index (χ2v) is 0. The van der Waals surface area contributed by atoms with Gasteiger partial charge in [-0.25, -0.2) is 0 Å². The average molecular weight is 280 g/mol. The topological polar surface area (TPSA) is 0 Å². The van der Waals surface area contributed by atoms with Crippen molar-refractivity contribution >= 4 is 64.4 Å². The van der Waals surface area contributed by atoms with Gasteiger partial charge in [0.05, 0.1) is 0 Å². The molecule has 0 aromatic carbocycles. The van der Waals surface area contributed by atoms with E-state index < -0.39 is 0 Å². The SMILES string of the molecule is [S-2].[S-2].[S-2].[Sn+4].[Zn+2]. The van der Waals surface area contributed by atoms with Crippen molar-refractivity contribution in [2.45, 2.75) is 0 Å². The molecule has 0 rings (SSSR count). The summed E-state index contributed by atoms with van der Waals surface area (Å²) in [6, 6.07) is 0. The van der Waals surface area contributed by atoms with E-state index in [1.165, 1.54) is 0 Å². The summed E-state index contributed by atoms with van der Waals surface area (Å²) in [6.07, 6.45) is 0. The third kappa shape index (κ3) is 21.2. The molecule has 0 radical (unpaired) electrons. The minimum absolute atomic E-state index is 0.